The van der Waals surface area contributed by atoms with E-state index in [0.29, 0.717) is 6.04 Å². The van der Waals surface area contributed by atoms with Crippen LogP contribution in [0.25, 0.3) is 0 Å². The van der Waals surface area contributed by atoms with E-state index in [1.165, 1.54) is 0 Å². The van der Waals surface area contributed by atoms with Crippen LogP contribution >= 0.6 is 11.3 Å². The number of thiazole rings is 1. The molecule has 0 aliphatic rings. The number of rotatable bonds is 7. The Morgan fingerprint density at radius 3 is 2.76 bits per heavy atom. The summed E-state index contributed by atoms with van der Waals surface area (Å²) in [6.07, 6.45) is 2.08. The summed E-state index contributed by atoms with van der Waals surface area (Å²) >= 11 is 1.69. The fraction of sp³-hybridized carbons (Fsp3) is 0.769. The minimum absolute atomic E-state index is 0.237. The molecule has 1 aromatic heterocycles. The molecule has 4 heteroatoms. The number of hydrogen-bond donors (Lipinski definition) is 1. The van der Waals surface area contributed by atoms with E-state index < -0.39 is 0 Å². The van der Waals surface area contributed by atoms with Crippen LogP contribution in [0.5, 0.6) is 0 Å². The van der Waals surface area contributed by atoms with Crippen LogP contribution in [0.15, 0.2) is 5.38 Å². The lowest BCUT2D eigenvalue weighted by atomic mass is 10.1. The van der Waals surface area contributed by atoms with Gasteiger partial charge in [0.15, 0.2) is 0 Å². The fourth-order valence-corrected chi connectivity index (χ4v) is 2.47. The van der Waals surface area contributed by atoms with Gasteiger partial charge in [-0.1, -0.05) is 13.8 Å². The molecule has 98 valence electrons. The van der Waals surface area contributed by atoms with Gasteiger partial charge in [-0.25, -0.2) is 4.98 Å². The summed E-state index contributed by atoms with van der Waals surface area (Å²) in [6, 6.07) is 0.542. The minimum atomic E-state index is -0.237. The third-order valence-corrected chi connectivity index (χ3v) is 4.51. The Hall–Kier alpha value is -0.450. The molecule has 0 spiro atoms. The average molecular weight is 256 g/mol. The number of hydrogen-bond acceptors (Lipinski definition) is 4. The van der Waals surface area contributed by atoms with Gasteiger partial charge < -0.3 is 10.1 Å². The molecule has 1 N–H and O–H groups in total. The van der Waals surface area contributed by atoms with Gasteiger partial charge in [0.25, 0.3) is 0 Å². The van der Waals surface area contributed by atoms with Crippen LogP contribution in [0.1, 0.15) is 51.2 Å². The maximum absolute atomic E-state index is 5.56. The Balaban J connectivity index is 2.65. The highest BCUT2D eigenvalue weighted by Crippen LogP contribution is 2.30. The predicted molar refractivity (Wildman–Crippen MR) is 73.4 cm³/mol. The molecule has 1 heterocycles. The lowest BCUT2D eigenvalue weighted by Crippen LogP contribution is -2.25. The third kappa shape index (κ3) is 3.76. The maximum atomic E-state index is 5.56. The van der Waals surface area contributed by atoms with E-state index in [1.807, 2.05) is 0 Å². The summed E-state index contributed by atoms with van der Waals surface area (Å²) in [7, 11) is 1.75. The molecule has 0 saturated heterocycles. The SMILES string of the molecule is CCC(C)NCc1csc(C(C)(CC)OC)n1. The van der Waals surface area contributed by atoms with E-state index >= 15 is 0 Å². The van der Waals surface area contributed by atoms with Crippen LogP contribution in [-0.2, 0) is 16.9 Å². The van der Waals surface area contributed by atoms with Gasteiger partial charge in [0, 0.05) is 25.1 Å². The first kappa shape index (κ1) is 14.6. The van der Waals surface area contributed by atoms with Gasteiger partial charge in [-0.3, -0.25) is 0 Å². The quantitative estimate of drug-likeness (QED) is 0.812. The number of ether oxygens (including phenoxy) is 1. The smallest absolute Gasteiger partial charge is 0.125 e. The molecule has 3 nitrogen and oxygen atoms in total. The van der Waals surface area contributed by atoms with Crippen LogP contribution in [0.4, 0.5) is 0 Å². The Kier molecular flexibility index (Phi) is 5.56. The molecule has 0 amide bonds. The number of nitrogens with one attached hydrogen (secondary N) is 1. The lowest BCUT2D eigenvalue weighted by molar-refractivity contribution is -0.00167. The second kappa shape index (κ2) is 6.47. The number of aromatic nitrogens is 1. The topological polar surface area (TPSA) is 34.1 Å². The molecule has 2 unspecified atom stereocenters. The first-order valence-electron chi connectivity index (χ1n) is 6.29. The van der Waals surface area contributed by atoms with Crippen LogP contribution in [-0.4, -0.2) is 18.1 Å². The maximum Gasteiger partial charge on any atom is 0.125 e. The Bertz CT molecular complexity index is 334. The van der Waals surface area contributed by atoms with Gasteiger partial charge in [-0.05, 0) is 26.7 Å². The van der Waals surface area contributed by atoms with Gasteiger partial charge in [0.2, 0.25) is 0 Å². The van der Waals surface area contributed by atoms with Crippen molar-refractivity contribution in [2.45, 2.75) is 58.7 Å². The molecule has 17 heavy (non-hydrogen) atoms. The summed E-state index contributed by atoms with van der Waals surface area (Å²) < 4.78 is 5.56. The Morgan fingerprint density at radius 2 is 2.24 bits per heavy atom. The predicted octanol–water partition coefficient (Wildman–Crippen LogP) is 3.30. The van der Waals surface area contributed by atoms with E-state index in [0.717, 1.165) is 30.1 Å². The summed E-state index contributed by atoms with van der Waals surface area (Å²) in [5.41, 5.74) is 0.876. The second-order valence-electron chi connectivity index (χ2n) is 4.62. The number of nitrogens with zero attached hydrogens (tertiary/aromatic N) is 1. The van der Waals surface area contributed by atoms with Crippen LogP contribution < -0.4 is 5.32 Å². The first-order valence-corrected chi connectivity index (χ1v) is 7.17. The van der Waals surface area contributed by atoms with Crippen LogP contribution in [0.3, 0.4) is 0 Å². The molecule has 0 aromatic carbocycles. The molecule has 0 aliphatic heterocycles. The van der Waals surface area contributed by atoms with Gasteiger partial charge >= 0.3 is 0 Å². The molecule has 1 aromatic rings. The lowest BCUT2D eigenvalue weighted by Gasteiger charge is -2.23. The van der Waals surface area contributed by atoms with E-state index in [-0.39, 0.29) is 5.60 Å². The van der Waals surface area contributed by atoms with Crippen molar-refractivity contribution in [3.05, 3.63) is 16.1 Å². The van der Waals surface area contributed by atoms with Crippen molar-refractivity contribution in [3.8, 4) is 0 Å². The standard InChI is InChI=1S/C13H24N2OS/c1-6-10(3)14-8-11-9-17-12(15-11)13(4,7-2)16-5/h9-10,14H,6-8H2,1-5H3. The monoisotopic (exact) mass is 256 g/mol. The van der Waals surface area contributed by atoms with Crippen molar-refractivity contribution >= 4 is 11.3 Å². The minimum Gasteiger partial charge on any atom is -0.371 e. The zero-order valence-electron chi connectivity index (χ0n) is 11.5. The second-order valence-corrected chi connectivity index (χ2v) is 5.48. The molecular formula is C13H24N2OS. The highest BCUT2D eigenvalue weighted by atomic mass is 32.1. The van der Waals surface area contributed by atoms with E-state index in [1.54, 1.807) is 18.4 Å². The van der Waals surface area contributed by atoms with E-state index in [4.69, 9.17) is 4.74 Å². The molecule has 0 aliphatic carbocycles. The van der Waals surface area contributed by atoms with Crippen molar-refractivity contribution in [1.29, 1.82) is 0 Å². The van der Waals surface area contributed by atoms with Gasteiger partial charge in [0.1, 0.15) is 10.6 Å². The van der Waals surface area contributed by atoms with Gasteiger partial charge in [-0.2, -0.15) is 0 Å². The normalized spacial score (nSPS) is 16.8. The van der Waals surface area contributed by atoms with E-state index in [2.05, 4.69) is 43.4 Å². The summed E-state index contributed by atoms with van der Waals surface area (Å²) in [4.78, 5) is 4.66. The van der Waals surface area contributed by atoms with E-state index in [9.17, 15) is 0 Å². The number of methoxy groups -OCH3 is 1. The highest BCUT2D eigenvalue weighted by Gasteiger charge is 2.27. The van der Waals surface area contributed by atoms with Gasteiger partial charge in [0.05, 0.1) is 5.69 Å². The largest absolute Gasteiger partial charge is 0.371 e. The molecule has 0 saturated carbocycles. The van der Waals surface area contributed by atoms with Gasteiger partial charge in [-0.15, -0.1) is 11.3 Å². The Labute approximate surface area is 109 Å². The zero-order valence-corrected chi connectivity index (χ0v) is 12.4. The fourth-order valence-electron chi connectivity index (χ4n) is 1.44. The zero-order chi connectivity index (χ0) is 12.9. The Morgan fingerprint density at radius 1 is 1.53 bits per heavy atom. The average Bonchev–Trinajstić information content (AvgIpc) is 2.84. The molecular weight excluding hydrogens is 232 g/mol. The van der Waals surface area contributed by atoms with Crippen molar-refractivity contribution in [2.24, 2.45) is 0 Å². The van der Waals surface area contributed by atoms with Crippen molar-refractivity contribution < 1.29 is 4.74 Å². The van der Waals surface area contributed by atoms with Crippen molar-refractivity contribution in [2.75, 3.05) is 7.11 Å². The molecule has 0 radical (unpaired) electrons. The van der Waals surface area contributed by atoms with Crippen molar-refractivity contribution in [3.63, 3.8) is 0 Å². The highest BCUT2D eigenvalue weighted by molar-refractivity contribution is 7.09. The van der Waals surface area contributed by atoms with Crippen molar-refractivity contribution in [1.82, 2.24) is 10.3 Å². The molecule has 0 bridgehead atoms. The first-order chi connectivity index (χ1) is 8.05. The molecule has 1 rings (SSSR count). The summed E-state index contributed by atoms with van der Waals surface area (Å²) in [5.74, 6) is 0. The van der Waals surface area contributed by atoms with Crippen LogP contribution in [0, 0.1) is 0 Å². The van der Waals surface area contributed by atoms with Crippen LogP contribution in [0.2, 0.25) is 0 Å². The molecule has 0 fully saturated rings. The molecule has 2 atom stereocenters. The summed E-state index contributed by atoms with van der Waals surface area (Å²) in [5, 5.41) is 6.65. The third-order valence-electron chi connectivity index (χ3n) is 3.37. The summed E-state index contributed by atoms with van der Waals surface area (Å²) in [6.45, 7) is 9.44.